The molecule has 0 radical (unpaired) electrons. The van der Waals surface area contributed by atoms with Crippen LogP contribution in [0.25, 0.3) is 11.3 Å². The van der Waals surface area contributed by atoms with Gasteiger partial charge in [-0.25, -0.2) is 9.97 Å². The largest absolute Gasteiger partial charge is 0.497 e. The number of amides is 1. The fraction of sp³-hybridized carbons (Fsp3) is 0.150. The first-order valence-electron chi connectivity index (χ1n) is 7.99. The second-order valence-electron chi connectivity index (χ2n) is 5.64. The van der Waals surface area contributed by atoms with Crippen LogP contribution in [0.4, 0.5) is 5.82 Å². The fourth-order valence-electron chi connectivity index (χ4n) is 2.49. The quantitative estimate of drug-likeness (QED) is 0.769. The van der Waals surface area contributed by atoms with E-state index in [1.54, 1.807) is 13.2 Å². The Balaban J connectivity index is 1.78. The van der Waals surface area contributed by atoms with Gasteiger partial charge in [-0.05, 0) is 24.6 Å². The van der Waals surface area contributed by atoms with Crippen molar-refractivity contribution in [1.82, 2.24) is 9.97 Å². The summed E-state index contributed by atoms with van der Waals surface area (Å²) in [7, 11) is 1.62. The van der Waals surface area contributed by atoms with Gasteiger partial charge in [-0.3, -0.25) is 4.79 Å². The first-order valence-corrected chi connectivity index (χ1v) is 7.99. The number of benzene rings is 2. The highest BCUT2D eigenvalue weighted by Crippen LogP contribution is 2.24. The molecule has 5 heteroatoms. The average Bonchev–Trinajstić information content (AvgIpc) is 2.68. The molecule has 3 rings (SSSR count). The summed E-state index contributed by atoms with van der Waals surface area (Å²) >= 11 is 0. The molecule has 0 spiro atoms. The Kier molecular flexibility index (Phi) is 5.04. The first-order chi connectivity index (χ1) is 12.2. The number of carbonyl (C=O) groups is 1. The minimum Gasteiger partial charge on any atom is -0.497 e. The third kappa shape index (κ3) is 4.01. The standard InChI is InChI=1S/C20H19N3O2/c1-14(15-7-4-3-5-8-15)20(24)23-19-12-18(21-13-22-19)16-9-6-10-17(11-16)25-2/h3-14H,1-2H3,(H,21,22,23,24)/t14-/m0/s1. The minimum atomic E-state index is -0.267. The van der Waals surface area contributed by atoms with E-state index in [1.807, 2.05) is 61.5 Å². The molecule has 3 aromatic rings. The Labute approximate surface area is 146 Å². The van der Waals surface area contributed by atoms with Crippen molar-refractivity contribution in [2.45, 2.75) is 12.8 Å². The molecule has 126 valence electrons. The fourth-order valence-corrected chi connectivity index (χ4v) is 2.49. The summed E-state index contributed by atoms with van der Waals surface area (Å²) in [5.74, 6) is 0.845. The molecule has 2 aromatic carbocycles. The summed E-state index contributed by atoms with van der Waals surface area (Å²) < 4.78 is 5.24. The van der Waals surface area contributed by atoms with Crippen LogP contribution < -0.4 is 10.1 Å². The van der Waals surface area contributed by atoms with Crippen LogP contribution in [0.15, 0.2) is 67.0 Å². The normalized spacial score (nSPS) is 11.6. The van der Waals surface area contributed by atoms with Gasteiger partial charge in [0.15, 0.2) is 0 Å². The van der Waals surface area contributed by atoms with E-state index in [1.165, 1.54) is 6.33 Å². The van der Waals surface area contributed by atoms with Gasteiger partial charge in [-0.1, -0.05) is 42.5 Å². The lowest BCUT2D eigenvalue weighted by molar-refractivity contribution is -0.117. The summed E-state index contributed by atoms with van der Waals surface area (Å²) in [5, 5.41) is 2.86. The van der Waals surface area contributed by atoms with Crippen LogP contribution in [-0.4, -0.2) is 23.0 Å². The molecule has 1 amide bonds. The van der Waals surface area contributed by atoms with Gasteiger partial charge in [0.25, 0.3) is 0 Å². The number of ether oxygens (including phenoxy) is 1. The molecule has 0 fully saturated rings. The van der Waals surface area contributed by atoms with Crippen LogP contribution in [0.1, 0.15) is 18.4 Å². The van der Waals surface area contributed by atoms with Crippen molar-refractivity contribution in [2.75, 3.05) is 12.4 Å². The summed E-state index contributed by atoms with van der Waals surface area (Å²) in [5.41, 5.74) is 2.58. The highest BCUT2D eigenvalue weighted by atomic mass is 16.5. The third-order valence-electron chi connectivity index (χ3n) is 3.98. The molecular weight excluding hydrogens is 314 g/mol. The Morgan fingerprint density at radius 1 is 1.04 bits per heavy atom. The predicted molar refractivity (Wildman–Crippen MR) is 97.5 cm³/mol. The van der Waals surface area contributed by atoms with Crippen LogP contribution in [0.3, 0.4) is 0 Å². The van der Waals surface area contributed by atoms with Crippen molar-refractivity contribution >= 4 is 11.7 Å². The molecular formula is C20H19N3O2. The van der Waals surface area contributed by atoms with E-state index in [0.717, 1.165) is 22.6 Å². The summed E-state index contributed by atoms with van der Waals surface area (Å²) in [6, 6.07) is 19.0. The minimum absolute atomic E-state index is 0.110. The summed E-state index contributed by atoms with van der Waals surface area (Å²) in [4.78, 5) is 20.9. The van der Waals surface area contributed by atoms with Crippen LogP contribution in [0.5, 0.6) is 5.75 Å². The number of aromatic nitrogens is 2. The average molecular weight is 333 g/mol. The molecule has 1 heterocycles. The molecule has 0 saturated carbocycles. The van der Waals surface area contributed by atoms with Gasteiger partial charge in [-0.15, -0.1) is 0 Å². The van der Waals surface area contributed by atoms with E-state index in [2.05, 4.69) is 15.3 Å². The van der Waals surface area contributed by atoms with E-state index in [9.17, 15) is 4.79 Å². The van der Waals surface area contributed by atoms with Crippen molar-refractivity contribution in [2.24, 2.45) is 0 Å². The molecule has 0 aliphatic heterocycles. The zero-order valence-electron chi connectivity index (χ0n) is 14.1. The van der Waals surface area contributed by atoms with E-state index < -0.39 is 0 Å². The van der Waals surface area contributed by atoms with Gasteiger partial charge in [0, 0.05) is 11.6 Å². The van der Waals surface area contributed by atoms with Gasteiger partial charge in [-0.2, -0.15) is 0 Å². The van der Waals surface area contributed by atoms with Gasteiger partial charge < -0.3 is 10.1 Å². The Bertz CT molecular complexity index is 866. The van der Waals surface area contributed by atoms with Crippen molar-refractivity contribution < 1.29 is 9.53 Å². The number of nitrogens with zero attached hydrogens (tertiary/aromatic N) is 2. The molecule has 1 atom stereocenters. The molecule has 0 unspecified atom stereocenters. The highest BCUT2D eigenvalue weighted by Gasteiger charge is 2.16. The molecule has 0 aliphatic rings. The summed E-state index contributed by atoms with van der Waals surface area (Å²) in [6.45, 7) is 1.87. The van der Waals surface area contributed by atoms with Crippen LogP contribution >= 0.6 is 0 Å². The first kappa shape index (κ1) is 16.6. The number of hydrogen-bond donors (Lipinski definition) is 1. The molecule has 0 aliphatic carbocycles. The second kappa shape index (κ2) is 7.57. The monoisotopic (exact) mass is 333 g/mol. The van der Waals surface area contributed by atoms with Crippen LogP contribution in [-0.2, 0) is 4.79 Å². The zero-order valence-corrected chi connectivity index (χ0v) is 14.1. The number of anilines is 1. The summed E-state index contributed by atoms with van der Waals surface area (Å²) in [6.07, 6.45) is 1.44. The maximum Gasteiger partial charge on any atom is 0.232 e. The van der Waals surface area contributed by atoms with E-state index in [4.69, 9.17) is 4.74 Å². The molecule has 25 heavy (non-hydrogen) atoms. The molecule has 1 aromatic heterocycles. The highest BCUT2D eigenvalue weighted by molar-refractivity contribution is 5.95. The number of carbonyl (C=O) groups excluding carboxylic acids is 1. The maximum atomic E-state index is 12.5. The van der Waals surface area contributed by atoms with E-state index >= 15 is 0 Å². The molecule has 0 bridgehead atoms. The number of hydrogen-bond acceptors (Lipinski definition) is 4. The van der Waals surface area contributed by atoms with Crippen molar-refractivity contribution in [3.8, 4) is 17.0 Å². The second-order valence-corrected chi connectivity index (χ2v) is 5.64. The molecule has 1 N–H and O–H groups in total. The number of methoxy groups -OCH3 is 1. The van der Waals surface area contributed by atoms with Gasteiger partial charge >= 0.3 is 0 Å². The van der Waals surface area contributed by atoms with Crippen LogP contribution in [0.2, 0.25) is 0 Å². The van der Waals surface area contributed by atoms with Crippen LogP contribution in [0, 0.1) is 0 Å². The van der Waals surface area contributed by atoms with Crippen molar-refractivity contribution in [3.63, 3.8) is 0 Å². The Morgan fingerprint density at radius 3 is 2.60 bits per heavy atom. The van der Waals surface area contributed by atoms with E-state index in [-0.39, 0.29) is 11.8 Å². The third-order valence-corrected chi connectivity index (χ3v) is 3.98. The number of nitrogens with one attached hydrogen (secondary N) is 1. The zero-order chi connectivity index (χ0) is 17.6. The van der Waals surface area contributed by atoms with Gasteiger partial charge in [0.2, 0.25) is 5.91 Å². The van der Waals surface area contributed by atoms with Gasteiger partial charge in [0.1, 0.15) is 17.9 Å². The topological polar surface area (TPSA) is 64.1 Å². The molecule has 5 nitrogen and oxygen atoms in total. The number of rotatable bonds is 5. The SMILES string of the molecule is COc1cccc(-c2cc(NC(=O)[C@@H](C)c3ccccc3)ncn2)c1. The Hall–Kier alpha value is -3.21. The van der Waals surface area contributed by atoms with Gasteiger partial charge in [0.05, 0.1) is 18.7 Å². The maximum absolute atomic E-state index is 12.5. The lowest BCUT2D eigenvalue weighted by Gasteiger charge is -2.12. The van der Waals surface area contributed by atoms with E-state index in [0.29, 0.717) is 5.82 Å². The lowest BCUT2D eigenvalue weighted by atomic mass is 10.0. The smallest absolute Gasteiger partial charge is 0.232 e. The molecule has 0 saturated heterocycles. The van der Waals surface area contributed by atoms with Crippen molar-refractivity contribution in [1.29, 1.82) is 0 Å². The lowest BCUT2D eigenvalue weighted by Crippen LogP contribution is -2.19. The predicted octanol–water partition coefficient (Wildman–Crippen LogP) is 3.89. The Morgan fingerprint density at radius 2 is 1.84 bits per heavy atom. The van der Waals surface area contributed by atoms with Crippen molar-refractivity contribution in [3.05, 3.63) is 72.6 Å².